The van der Waals surface area contributed by atoms with Crippen molar-refractivity contribution in [2.45, 2.75) is 31.5 Å². The fourth-order valence-electron chi connectivity index (χ4n) is 2.01. The predicted octanol–water partition coefficient (Wildman–Crippen LogP) is 1.91. The summed E-state index contributed by atoms with van der Waals surface area (Å²) in [7, 11) is 0. The molecule has 3 N–H and O–H groups in total. The summed E-state index contributed by atoms with van der Waals surface area (Å²) in [6.45, 7) is 3.28. The van der Waals surface area contributed by atoms with Crippen molar-refractivity contribution in [3.05, 3.63) is 18.2 Å². The number of ether oxygens (including phenoxy) is 1. The Morgan fingerprint density at radius 2 is 2.12 bits per heavy atom. The molecule has 0 saturated carbocycles. The maximum Gasteiger partial charge on any atom is 0.425 e. The molecule has 2 heterocycles. The van der Waals surface area contributed by atoms with E-state index in [-0.39, 0.29) is 23.9 Å². The van der Waals surface area contributed by atoms with Crippen LogP contribution in [0, 0.1) is 0 Å². The first-order valence-electron chi connectivity index (χ1n) is 6.80. The van der Waals surface area contributed by atoms with E-state index in [1.54, 1.807) is 0 Å². The normalized spacial score (nSPS) is 19.4. The third-order valence-corrected chi connectivity index (χ3v) is 3.26. The second kappa shape index (κ2) is 6.24. The molecule has 1 atom stereocenters. The van der Waals surface area contributed by atoms with Gasteiger partial charge in [0, 0.05) is 13.0 Å². The summed E-state index contributed by atoms with van der Waals surface area (Å²) >= 11 is 0. The van der Waals surface area contributed by atoms with Crippen LogP contribution in [-0.2, 0) is 4.74 Å². The lowest BCUT2D eigenvalue weighted by Gasteiger charge is -2.21. The number of aromatic nitrogens is 3. The molecule has 1 aromatic heterocycles. The zero-order valence-corrected chi connectivity index (χ0v) is 12.6. The largest absolute Gasteiger partial charge is 0.465 e. The predicted molar refractivity (Wildman–Crippen MR) is 74.2 cm³/mol. The quantitative estimate of drug-likeness (QED) is 0.373. The fourth-order valence-corrected chi connectivity index (χ4v) is 2.01. The van der Waals surface area contributed by atoms with Crippen molar-refractivity contribution >= 4 is 11.7 Å². The van der Waals surface area contributed by atoms with Crippen molar-refractivity contribution in [2.24, 2.45) is 4.99 Å². The number of halogens is 5. The van der Waals surface area contributed by atoms with Gasteiger partial charge in [-0.1, -0.05) is 0 Å². The molecule has 2 rings (SSSR count). The molecular weight excluding hydrogens is 339 g/mol. The zero-order valence-electron chi connectivity index (χ0n) is 12.6. The average molecular weight is 354 g/mol. The zero-order chi connectivity index (χ0) is 18.1. The summed E-state index contributed by atoms with van der Waals surface area (Å²) in [6.07, 6.45) is -7.22. The van der Waals surface area contributed by atoms with Crippen LogP contribution in [0.4, 0.5) is 27.8 Å². The molecule has 0 radical (unpaired) electrons. The topological polar surface area (TPSA) is 92.4 Å². The van der Waals surface area contributed by atoms with Crippen molar-refractivity contribution in [3.63, 3.8) is 0 Å². The standard InChI is InChI=1S/C12H15F5N6O/c1-6(12(15,16)17)24-7(2)19-10(8-9(18)21-22-20-8)23-4-3-11(13,14)5-23/h6H,2-5H2,1H3,(H3,18,20,21,22)/t6-/m0/s1. The lowest BCUT2D eigenvalue weighted by Crippen LogP contribution is -2.33. The summed E-state index contributed by atoms with van der Waals surface area (Å²) < 4.78 is 69.0. The number of nitrogens with one attached hydrogen (secondary N) is 1. The van der Waals surface area contributed by atoms with Crippen LogP contribution in [0.15, 0.2) is 17.5 Å². The van der Waals surface area contributed by atoms with Crippen LogP contribution in [0.1, 0.15) is 19.0 Å². The van der Waals surface area contributed by atoms with E-state index in [2.05, 4.69) is 31.7 Å². The molecular formula is C12H15F5N6O. The Hall–Kier alpha value is -2.40. The first-order valence-corrected chi connectivity index (χ1v) is 6.80. The van der Waals surface area contributed by atoms with E-state index in [0.717, 1.165) is 11.8 Å². The van der Waals surface area contributed by atoms with Gasteiger partial charge in [-0.2, -0.15) is 28.5 Å². The Labute approximate surface area is 133 Å². The number of alkyl halides is 5. The van der Waals surface area contributed by atoms with E-state index in [0.29, 0.717) is 0 Å². The first kappa shape index (κ1) is 17.9. The van der Waals surface area contributed by atoms with Gasteiger partial charge >= 0.3 is 6.18 Å². The van der Waals surface area contributed by atoms with E-state index in [1.807, 2.05) is 0 Å². The van der Waals surface area contributed by atoms with Crippen LogP contribution in [0.2, 0.25) is 0 Å². The Morgan fingerprint density at radius 3 is 2.58 bits per heavy atom. The summed E-state index contributed by atoms with van der Waals surface area (Å²) in [4.78, 5) is 4.91. The van der Waals surface area contributed by atoms with Crippen molar-refractivity contribution < 1.29 is 26.7 Å². The van der Waals surface area contributed by atoms with Crippen LogP contribution in [0.3, 0.4) is 0 Å². The van der Waals surface area contributed by atoms with Crippen LogP contribution in [-0.4, -0.2) is 57.4 Å². The van der Waals surface area contributed by atoms with Gasteiger partial charge in [-0.3, -0.25) is 0 Å². The highest BCUT2D eigenvalue weighted by molar-refractivity contribution is 6.01. The monoisotopic (exact) mass is 354 g/mol. The number of likely N-dealkylation sites (tertiary alicyclic amines) is 1. The molecule has 1 aliphatic heterocycles. The van der Waals surface area contributed by atoms with Crippen molar-refractivity contribution in [1.29, 1.82) is 0 Å². The van der Waals surface area contributed by atoms with Gasteiger partial charge in [0.1, 0.15) is 0 Å². The van der Waals surface area contributed by atoms with Gasteiger partial charge in [0.2, 0.25) is 5.88 Å². The maximum absolute atomic E-state index is 13.4. The molecule has 0 bridgehead atoms. The van der Waals surface area contributed by atoms with Crippen molar-refractivity contribution in [3.8, 4) is 0 Å². The SMILES string of the molecule is C=C(N=C(c1n[nH]nc1N)N1CCC(F)(F)C1)O[C@@H](C)C(F)(F)F. The summed E-state index contributed by atoms with van der Waals surface area (Å²) in [5.74, 6) is -3.88. The number of nitrogens with two attached hydrogens (primary N) is 1. The first-order chi connectivity index (χ1) is 11.0. The van der Waals surface area contributed by atoms with Crippen molar-refractivity contribution in [2.75, 3.05) is 18.8 Å². The number of aromatic amines is 1. The van der Waals surface area contributed by atoms with Gasteiger partial charge in [-0.25, -0.2) is 8.78 Å². The number of nitrogen functional groups attached to an aromatic ring is 1. The number of hydrogen-bond donors (Lipinski definition) is 2. The number of aliphatic imine (C=N–C) groups is 1. The molecule has 134 valence electrons. The van der Waals surface area contributed by atoms with Gasteiger partial charge in [0.05, 0.1) is 6.54 Å². The van der Waals surface area contributed by atoms with E-state index < -0.39 is 37.1 Å². The Morgan fingerprint density at radius 1 is 1.46 bits per heavy atom. The summed E-state index contributed by atoms with van der Waals surface area (Å²) in [5.41, 5.74) is 5.50. The minimum absolute atomic E-state index is 0.0721. The number of amidine groups is 1. The van der Waals surface area contributed by atoms with Gasteiger partial charge in [-0.15, -0.1) is 5.10 Å². The highest BCUT2D eigenvalue weighted by atomic mass is 19.4. The van der Waals surface area contributed by atoms with Crippen LogP contribution >= 0.6 is 0 Å². The lowest BCUT2D eigenvalue weighted by atomic mass is 10.3. The van der Waals surface area contributed by atoms with E-state index >= 15 is 0 Å². The van der Waals surface area contributed by atoms with E-state index in [1.165, 1.54) is 0 Å². The molecule has 7 nitrogen and oxygen atoms in total. The number of anilines is 1. The number of rotatable bonds is 4. The minimum Gasteiger partial charge on any atom is -0.465 e. The molecule has 1 aromatic rings. The van der Waals surface area contributed by atoms with E-state index in [4.69, 9.17) is 5.73 Å². The molecule has 0 spiro atoms. The number of nitrogens with zero attached hydrogens (tertiary/aromatic N) is 4. The second-order valence-corrected chi connectivity index (χ2v) is 5.22. The molecule has 0 aliphatic carbocycles. The Bertz CT molecular complexity index is 640. The van der Waals surface area contributed by atoms with Gasteiger partial charge < -0.3 is 15.4 Å². The summed E-state index contributed by atoms with van der Waals surface area (Å²) in [6, 6.07) is 0. The molecule has 1 saturated heterocycles. The summed E-state index contributed by atoms with van der Waals surface area (Å²) in [5, 5.41) is 9.43. The average Bonchev–Trinajstić information content (AvgIpc) is 3.01. The number of H-pyrrole nitrogens is 1. The third kappa shape index (κ3) is 4.11. The molecule has 24 heavy (non-hydrogen) atoms. The maximum atomic E-state index is 13.4. The Balaban J connectivity index is 2.26. The highest BCUT2D eigenvalue weighted by Gasteiger charge is 2.41. The van der Waals surface area contributed by atoms with Gasteiger partial charge in [0.15, 0.2) is 23.5 Å². The lowest BCUT2D eigenvalue weighted by molar-refractivity contribution is -0.203. The molecule has 1 aliphatic rings. The second-order valence-electron chi connectivity index (χ2n) is 5.22. The highest BCUT2D eigenvalue weighted by Crippen LogP contribution is 2.29. The van der Waals surface area contributed by atoms with Crippen LogP contribution < -0.4 is 5.73 Å². The van der Waals surface area contributed by atoms with Crippen LogP contribution in [0.25, 0.3) is 0 Å². The molecule has 0 amide bonds. The fraction of sp³-hybridized carbons (Fsp3) is 0.583. The third-order valence-electron chi connectivity index (χ3n) is 3.26. The van der Waals surface area contributed by atoms with Crippen molar-refractivity contribution in [1.82, 2.24) is 20.3 Å². The molecule has 0 unspecified atom stereocenters. The van der Waals surface area contributed by atoms with E-state index in [9.17, 15) is 22.0 Å². The molecule has 12 heteroatoms. The number of hydrogen-bond acceptors (Lipinski definition) is 5. The molecule has 0 aromatic carbocycles. The van der Waals surface area contributed by atoms with Gasteiger partial charge in [-0.05, 0) is 13.5 Å². The molecule has 1 fully saturated rings. The minimum atomic E-state index is -4.62. The van der Waals surface area contributed by atoms with Gasteiger partial charge in [0.25, 0.3) is 5.92 Å². The smallest absolute Gasteiger partial charge is 0.425 e. The van der Waals surface area contributed by atoms with Crippen LogP contribution in [0.5, 0.6) is 0 Å². The Kier molecular flexibility index (Phi) is 4.67.